The minimum atomic E-state index is -4.75. The van der Waals surface area contributed by atoms with Crippen LogP contribution in [0.1, 0.15) is 54.4 Å². The summed E-state index contributed by atoms with van der Waals surface area (Å²) in [5, 5.41) is 18.9. The quantitative estimate of drug-likeness (QED) is 0.473. The molecule has 3 aromatic rings. The van der Waals surface area contributed by atoms with Gasteiger partial charge in [0.05, 0.1) is 11.3 Å². The first-order chi connectivity index (χ1) is 17.7. The molecule has 0 aliphatic carbocycles. The summed E-state index contributed by atoms with van der Waals surface area (Å²) in [6.45, 7) is 9.32. The van der Waals surface area contributed by atoms with Gasteiger partial charge >= 0.3 is 6.18 Å². The van der Waals surface area contributed by atoms with E-state index in [0.717, 1.165) is 23.4 Å². The first-order valence-electron chi connectivity index (χ1n) is 12.1. The van der Waals surface area contributed by atoms with Crippen molar-refractivity contribution in [1.29, 1.82) is 0 Å². The van der Waals surface area contributed by atoms with Crippen molar-refractivity contribution in [3.8, 4) is 0 Å². The first kappa shape index (κ1) is 27.6. The van der Waals surface area contributed by atoms with Crippen molar-refractivity contribution in [2.75, 3.05) is 29.4 Å². The standard InChI is InChI=1S/C26H29F5N6O/c1-14-13-36(8-9-37(14)24-32-12-19(25(4,5)38)22(33-24)26(29,30)31)23-16(3)15(2)21(34-35-23)10-17-6-7-18(27)11-20(17)28/h6-7,11-12,14,38H,8-10,13H2,1-5H3/t14-/m1/s1. The van der Waals surface area contributed by atoms with Gasteiger partial charge in [-0.05, 0) is 57.4 Å². The zero-order valence-corrected chi connectivity index (χ0v) is 21.7. The van der Waals surface area contributed by atoms with Gasteiger partial charge in [-0.1, -0.05) is 6.07 Å². The number of benzene rings is 1. The van der Waals surface area contributed by atoms with Gasteiger partial charge < -0.3 is 14.9 Å². The van der Waals surface area contributed by atoms with Crippen LogP contribution in [0.3, 0.4) is 0 Å². The average Bonchev–Trinajstić information content (AvgIpc) is 2.82. The van der Waals surface area contributed by atoms with Crippen molar-refractivity contribution in [1.82, 2.24) is 20.2 Å². The summed E-state index contributed by atoms with van der Waals surface area (Å²) in [6.07, 6.45) is -3.55. The molecule has 0 radical (unpaired) electrons. The van der Waals surface area contributed by atoms with Gasteiger partial charge in [0.15, 0.2) is 11.5 Å². The number of piperazine rings is 1. The molecule has 1 aliphatic heterocycles. The van der Waals surface area contributed by atoms with Gasteiger partial charge in [-0.15, -0.1) is 5.10 Å². The number of aliphatic hydroxyl groups is 1. The van der Waals surface area contributed by atoms with Crippen LogP contribution in [0.4, 0.5) is 33.7 Å². The van der Waals surface area contributed by atoms with Crippen LogP contribution in [-0.2, 0) is 18.2 Å². The molecule has 7 nitrogen and oxygen atoms in total. The lowest BCUT2D eigenvalue weighted by molar-refractivity contribution is -0.144. The molecule has 2 aromatic heterocycles. The lowest BCUT2D eigenvalue weighted by Gasteiger charge is -2.41. The van der Waals surface area contributed by atoms with E-state index in [4.69, 9.17) is 0 Å². The Bertz CT molecular complexity index is 1340. The molecule has 12 heteroatoms. The maximum Gasteiger partial charge on any atom is 0.433 e. The molecular formula is C26H29F5N6O. The van der Waals surface area contributed by atoms with E-state index < -0.39 is 29.1 Å². The van der Waals surface area contributed by atoms with Crippen molar-refractivity contribution in [3.05, 3.63) is 69.7 Å². The summed E-state index contributed by atoms with van der Waals surface area (Å²) in [6, 6.07) is 3.16. The van der Waals surface area contributed by atoms with E-state index in [2.05, 4.69) is 20.2 Å². The average molecular weight is 537 g/mol. The SMILES string of the molecule is Cc1c(Cc2ccc(F)cc2F)nnc(N2CCN(c3ncc(C(C)(C)O)c(C(F)(F)F)n3)[C@H](C)C2)c1C. The minimum Gasteiger partial charge on any atom is -0.386 e. The highest BCUT2D eigenvalue weighted by atomic mass is 19.4. The second kappa shape index (κ2) is 10.0. The summed E-state index contributed by atoms with van der Waals surface area (Å²) < 4.78 is 68.5. The Kier molecular flexibility index (Phi) is 7.30. The molecule has 38 heavy (non-hydrogen) atoms. The van der Waals surface area contributed by atoms with Gasteiger partial charge in [0.2, 0.25) is 5.95 Å². The summed E-state index contributed by atoms with van der Waals surface area (Å²) in [4.78, 5) is 11.6. The van der Waals surface area contributed by atoms with E-state index in [9.17, 15) is 27.1 Å². The molecule has 4 rings (SSSR count). The second-order valence-corrected chi connectivity index (χ2v) is 10.1. The Balaban J connectivity index is 1.54. The first-order valence-corrected chi connectivity index (χ1v) is 12.1. The molecule has 0 saturated carbocycles. The number of nitrogens with zero attached hydrogens (tertiary/aromatic N) is 6. The van der Waals surface area contributed by atoms with E-state index >= 15 is 0 Å². The van der Waals surface area contributed by atoms with Crippen LogP contribution in [0.15, 0.2) is 24.4 Å². The number of rotatable bonds is 5. The van der Waals surface area contributed by atoms with Crippen LogP contribution < -0.4 is 9.80 Å². The Morgan fingerprint density at radius 1 is 1.05 bits per heavy atom. The predicted octanol–water partition coefficient (Wildman–Crippen LogP) is 4.71. The fourth-order valence-electron chi connectivity index (χ4n) is 4.58. The Hall–Kier alpha value is -3.41. The van der Waals surface area contributed by atoms with Gasteiger partial charge in [-0.2, -0.15) is 18.3 Å². The van der Waals surface area contributed by atoms with Crippen molar-refractivity contribution in [3.63, 3.8) is 0 Å². The van der Waals surface area contributed by atoms with Crippen molar-refractivity contribution in [2.24, 2.45) is 0 Å². The molecule has 1 saturated heterocycles. The fourth-order valence-corrected chi connectivity index (χ4v) is 4.58. The minimum absolute atomic E-state index is 0.0619. The van der Waals surface area contributed by atoms with Gasteiger partial charge in [0.1, 0.15) is 11.6 Å². The topological polar surface area (TPSA) is 78.3 Å². The molecule has 0 spiro atoms. The largest absolute Gasteiger partial charge is 0.433 e. The second-order valence-electron chi connectivity index (χ2n) is 10.1. The molecule has 204 valence electrons. The van der Waals surface area contributed by atoms with E-state index in [0.29, 0.717) is 36.7 Å². The van der Waals surface area contributed by atoms with E-state index in [1.54, 1.807) is 4.90 Å². The molecule has 0 amide bonds. The molecule has 1 N–H and O–H groups in total. The number of anilines is 2. The number of hydrogen-bond acceptors (Lipinski definition) is 7. The third-order valence-corrected chi connectivity index (χ3v) is 6.86. The number of aromatic nitrogens is 4. The normalized spacial score (nSPS) is 16.8. The zero-order chi connectivity index (χ0) is 28.0. The molecule has 1 atom stereocenters. The lowest BCUT2D eigenvalue weighted by Crippen LogP contribution is -2.53. The molecule has 3 heterocycles. The van der Waals surface area contributed by atoms with Crippen LogP contribution in [0, 0.1) is 25.5 Å². The summed E-state index contributed by atoms with van der Waals surface area (Å²) in [5.74, 6) is -0.730. The van der Waals surface area contributed by atoms with E-state index in [1.165, 1.54) is 26.0 Å². The molecule has 0 unspecified atom stereocenters. The molecule has 1 fully saturated rings. The summed E-state index contributed by atoms with van der Waals surface area (Å²) >= 11 is 0. The summed E-state index contributed by atoms with van der Waals surface area (Å²) in [7, 11) is 0. The van der Waals surface area contributed by atoms with Gasteiger partial charge in [0, 0.05) is 49.9 Å². The summed E-state index contributed by atoms with van der Waals surface area (Å²) in [5.41, 5.74) is -0.735. The highest BCUT2D eigenvalue weighted by Crippen LogP contribution is 2.36. The van der Waals surface area contributed by atoms with Crippen LogP contribution >= 0.6 is 0 Å². The predicted molar refractivity (Wildman–Crippen MR) is 132 cm³/mol. The van der Waals surface area contributed by atoms with E-state index in [-0.39, 0.29) is 24.0 Å². The maximum absolute atomic E-state index is 14.1. The highest BCUT2D eigenvalue weighted by molar-refractivity contribution is 5.52. The lowest BCUT2D eigenvalue weighted by atomic mass is 9.98. The Labute approximate surface area is 217 Å². The molecule has 1 aliphatic rings. The third-order valence-electron chi connectivity index (χ3n) is 6.86. The van der Waals surface area contributed by atoms with Crippen LogP contribution in [0.25, 0.3) is 0 Å². The smallest absolute Gasteiger partial charge is 0.386 e. The Morgan fingerprint density at radius 3 is 2.37 bits per heavy atom. The van der Waals surface area contributed by atoms with Crippen LogP contribution in [0.2, 0.25) is 0 Å². The molecule has 0 bridgehead atoms. The fraction of sp³-hybridized carbons (Fsp3) is 0.462. The van der Waals surface area contributed by atoms with Gasteiger partial charge in [-0.3, -0.25) is 0 Å². The maximum atomic E-state index is 14.1. The molecule has 1 aromatic carbocycles. The van der Waals surface area contributed by atoms with Gasteiger partial charge in [-0.25, -0.2) is 18.7 Å². The third kappa shape index (κ3) is 5.54. The highest BCUT2D eigenvalue weighted by Gasteiger charge is 2.41. The van der Waals surface area contributed by atoms with Crippen molar-refractivity contribution in [2.45, 2.75) is 58.9 Å². The van der Waals surface area contributed by atoms with Crippen molar-refractivity contribution >= 4 is 11.8 Å². The van der Waals surface area contributed by atoms with Gasteiger partial charge in [0.25, 0.3) is 0 Å². The van der Waals surface area contributed by atoms with E-state index in [1.807, 2.05) is 25.7 Å². The van der Waals surface area contributed by atoms with Crippen LogP contribution in [0.5, 0.6) is 0 Å². The number of alkyl halides is 3. The number of hydrogen-bond donors (Lipinski definition) is 1. The van der Waals surface area contributed by atoms with Crippen LogP contribution in [-0.4, -0.2) is 50.9 Å². The molecular weight excluding hydrogens is 507 g/mol. The zero-order valence-electron chi connectivity index (χ0n) is 21.7. The number of halogens is 5. The van der Waals surface area contributed by atoms with Crippen molar-refractivity contribution < 1.29 is 27.1 Å². The Morgan fingerprint density at radius 2 is 1.76 bits per heavy atom. The monoisotopic (exact) mass is 536 g/mol.